The smallest absolute Gasteiger partial charge is 0.249 e. The van der Waals surface area contributed by atoms with E-state index in [-0.39, 0.29) is 18.5 Å². The van der Waals surface area contributed by atoms with Gasteiger partial charge in [0.15, 0.2) is 0 Å². The van der Waals surface area contributed by atoms with E-state index in [9.17, 15) is 4.79 Å². The van der Waals surface area contributed by atoms with Gasteiger partial charge in [-0.3, -0.25) is 9.48 Å². The van der Waals surface area contributed by atoms with Crippen LogP contribution in [-0.2, 0) is 24.8 Å². The molecule has 0 saturated carbocycles. The van der Waals surface area contributed by atoms with Gasteiger partial charge in [-0.05, 0) is 31.0 Å². The van der Waals surface area contributed by atoms with Gasteiger partial charge in [0.05, 0.1) is 6.20 Å². The molecule has 24 heavy (non-hydrogen) atoms. The van der Waals surface area contributed by atoms with Crippen molar-refractivity contribution >= 4 is 11.6 Å². The third-order valence-electron chi connectivity index (χ3n) is 4.29. The van der Waals surface area contributed by atoms with Crippen LogP contribution >= 0.6 is 0 Å². The number of amides is 1. The molecule has 1 atom stereocenters. The molecule has 0 unspecified atom stereocenters. The molecule has 0 spiro atoms. The molecule has 1 aliphatic heterocycles. The Morgan fingerprint density at radius 3 is 2.88 bits per heavy atom. The van der Waals surface area contributed by atoms with E-state index in [4.69, 9.17) is 0 Å². The van der Waals surface area contributed by atoms with Gasteiger partial charge in [0.1, 0.15) is 17.9 Å². The van der Waals surface area contributed by atoms with Crippen molar-refractivity contribution in [3.63, 3.8) is 0 Å². The van der Waals surface area contributed by atoms with Gasteiger partial charge in [0.25, 0.3) is 0 Å². The van der Waals surface area contributed by atoms with E-state index in [2.05, 4.69) is 28.4 Å². The largest absolute Gasteiger partial charge is 0.307 e. The van der Waals surface area contributed by atoms with Crippen molar-refractivity contribution in [3.8, 4) is 11.4 Å². The number of carbonyl (C=O) groups excluding carboxylic acids is 1. The zero-order valence-electron chi connectivity index (χ0n) is 13.6. The molecule has 1 aliphatic rings. The number of fused-ring (bicyclic) bond motifs is 1. The Morgan fingerprint density at radius 2 is 2.08 bits per heavy atom. The van der Waals surface area contributed by atoms with Gasteiger partial charge in [-0.1, -0.05) is 23.4 Å². The molecule has 0 N–H and O–H groups in total. The summed E-state index contributed by atoms with van der Waals surface area (Å²) in [5, 5.41) is 12.5. The standard InChI is InChI=1S/C17H18N6O/c1-12-9-13-5-3-4-6-16(13)23(12)17(24)11-22-10-15(18-20-22)14-7-8-21(2)19-14/h3-8,10,12H,9,11H2,1-2H3/t12-/m0/s1. The topological polar surface area (TPSA) is 68.8 Å². The minimum atomic E-state index is 0.0184. The first-order valence-corrected chi connectivity index (χ1v) is 7.92. The van der Waals surface area contributed by atoms with Crippen LogP contribution in [0, 0.1) is 0 Å². The van der Waals surface area contributed by atoms with Gasteiger partial charge in [0, 0.05) is 25.0 Å². The number of hydrogen-bond donors (Lipinski definition) is 0. The molecule has 3 heterocycles. The van der Waals surface area contributed by atoms with Crippen LogP contribution in [0.25, 0.3) is 11.4 Å². The number of aromatic nitrogens is 5. The lowest BCUT2D eigenvalue weighted by Gasteiger charge is -2.22. The SMILES string of the molecule is C[C@H]1Cc2ccccc2N1C(=O)Cn1cc(-c2ccn(C)n2)nn1. The average molecular weight is 322 g/mol. The second-order valence-electron chi connectivity index (χ2n) is 6.12. The van der Waals surface area contributed by atoms with Crippen molar-refractivity contribution in [3.05, 3.63) is 48.3 Å². The number of anilines is 1. The van der Waals surface area contributed by atoms with Crippen molar-refractivity contribution in [2.24, 2.45) is 7.05 Å². The molecular formula is C17H18N6O. The van der Waals surface area contributed by atoms with Crippen LogP contribution in [0.2, 0.25) is 0 Å². The maximum absolute atomic E-state index is 12.8. The van der Waals surface area contributed by atoms with Crippen LogP contribution in [0.4, 0.5) is 5.69 Å². The Kier molecular flexibility index (Phi) is 3.41. The third-order valence-corrected chi connectivity index (χ3v) is 4.29. The fraction of sp³-hybridized carbons (Fsp3) is 0.294. The van der Waals surface area contributed by atoms with Crippen LogP contribution in [0.3, 0.4) is 0 Å². The van der Waals surface area contributed by atoms with Gasteiger partial charge in [-0.25, -0.2) is 4.68 Å². The number of para-hydroxylation sites is 1. The van der Waals surface area contributed by atoms with Crippen LogP contribution < -0.4 is 4.90 Å². The molecular weight excluding hydrogens is 304 g/mol. The molecule has 3 aromatic rings. The Bertz CT molecular complexity index is 896. The summed E-state index contributed by atoms with van der Waals surface area (Å²) >= 11 is 0. The predicted octanol–water partition coefficient (Wildman–Crippen LogP) is 1.66. The fourth-order valence-corrected chi connectivity index (χ4v) is 3.21. The zero-order chi connectivity index (χ0) is 16.7. The van der Waals surface area contributed by atoms with Crippen molar-refractivity contribution in [2.45, 2.75) is 25.9 Å². The number of carbonyl (C=O) groups is 1. The summed E-state index contributed by atoms with van der Waals surface area (Å²) in [5.74, 6) is 0.0184. The Hall–Kier alpha value is -2.96. The van der Waals surface area contributed by atoms with E-state index in [0.717, 1.165) is 17.8 Å². The van der Waals surface area contributed by atoms with E-state index in [1.165, 1.54) is 5.56 Å². The van der Waals surface area contributed by atoms with Crippen LogP contribution in [-0.4, -0.2) is 36.7 Å². The van der Waals surface area contributed by atoms with Crippen LogP contribution in [0.15, 0.2) is 42.7 Å². The van der Waals surface area contributed by atoms with Gasteiger partial charge in [-0.2, -0.15) is 5.10 Å². The van der Waals surface area contributed by atoms with E-state index < -0.39 is 0 Å². The van der Waals surface area contributed by atoms with E-state index in [1.807, 2.05) is 42.4 Å². The molecule has 7 heteroatoms. The predicted molar refractivity (Wildman–Crippen MR) is 89.3 cm³/mol. The molecule has 0 saturated heterocycles. The van der Waals surface area contributed by atoms with Crippen LogP contribution in [0.1, 0.15) is 12.5 Å². The lowest BCUT2D eigenvalue weighted by Crippen LogP contribution is -2.38. The second kappa shape index (κ2) is 5.59. The molecule has 2 aromatic heterocycles. The highest BCUT2D eigenvalue weighted by atomic mass is 16.2. The summed E-state index contributed by atoms with van der Waals surface area (Å²) in [7, 11) is 1.85. The summed E-state index contributed by atoms with van der Waals surface area (Å²) < 4.78 is 3.28. The number of hydrogen-bond acceptors (Lipinski definition) is 4. The quantitative estimate of drug-likeness (QED) is 0.735. The minimum absolute atomic E-state index is 0.0184. The summed E-state index contributed by atoms with van der Waals surface area (Å²) in [6.07, 6.45) is 4.49. The Balaban J connectivity index is 1.54. The molecule has 0 radical (unpaired) electrons. The van der Waals surface area contributed by atoms with Gasteiger partial charge in [0.2, 0.25) is 5.91 Å². The van der Waals surface area contributed by atoms with Gasteiger partial charge < -0.3 is 4.90 Å². The molecule has 0 bridgehead atoms. The molecule has 1 amide bonds. The van der Waals surface area contributed by atoms with Crippen molar-refractivity contribution in [2.75, 3.05) is 4.90 Å². The summed E-state index contributed by atoms with van der Waals surface area (Å²) in [5.41, 5.74) is 3.63. The Morgan fingerprint density at radius 1 is 1.25 bits per heavy atom. The van der Waals surface area contributed by atoms with Gasteiger partial charge >= 0.3 is 0 Å². The molecule has 1 aromatic carbocycles. The lowest BCUT2D eigenvalue weighted by molar-refractivity contribution is -0.119. The second-order valence-corrected chi connectivity index (χ2v) is 6.12. The van der Waals surface area contributed by atoms with Gasteiger partial charge in [-0.15, -0.1) is 5.10 Å². The summed E-state index contributed by atoms with van der Waals surface area (Å²) in [4.78, 5) is 14.6. The van der Waals surface area contributed by atoms with E-state index in [0.29, 0.717) is 5.69 Å². The van der Waals surface area contributed by atoms with Crippen molar-refractivity contribution in [1.29, 1.82) is 0 Å². The minimum Gasteiger partial charge on any atom is -0.307 e. The molecule has 4 rings (SSSR count). The first-order chi connectivity index (χ1) is 11.6. The third kappa shape index (κ3) is 2.47. The van der Waals surface area contributed by atoms with E-state index in [1.54, 1.807) is 15.6 Å². The zero-order valence-corrected chi connectivity index (χ0v) is 13.6. The highest BCUT2D eigenvalue weighted by molar-refractivity contribution is 5.96. The number of rotatable bonds is 3. The first kappa shape index (κ1) is 14.6. The van der Waals surface area contributed by atoms with Crippen molar-refractivity contribution in [1.82, 2.24) is 24.8 Å². The van der Waals surface area contributed by atoms with Crippen LogP contribution in [0.5, 0.6) is 0 Å². The lowest BCUT2D eigenvalue weighted by atomic mass is 10.1. The maximum atomic E-state index is 12.8. The summed E-state index contributed by atoms with van der Waals surface area (Å²) in [6.45, 7) is 2.23. The molecule has 0 aliphatic carbocycles. The monoisotopic (exact) mass is 322 g/mol. The highest BCUT2D eigenvalue weighted by Gasteiger charge is 2.30. The molecule has 0 fully saturated rings. The number of aryl methyl sites for hydroxylation is 1. The molecule has 122 valence electrons. The summed E-state index contributed by atoms with van der Waals surface area (Å²) in [6, 6.07) is 10.1. The van der Waals surface area contributed by atoms with E-state index >= 15 is 0 Å². The van der Waals surface area contributed by atoms with Crippen molar-refractivity contribution < 1.29 is 4.79 Å². The average Bonchev–Trinajstić information content (AvgIpc) is 3.24. The fourth-order valence-electron chi connectivity index (χ4n) is 3.21. The maximum Gasteiger partial charge on any atom is 0.249 e. The number of nitrogens with zero attached hydrogens (tertiary/aromatic N) is 6. The molecule has 7 nitrogen and oxygen atoms in total. The first-order valence-electron chi connectivity index (χ1n) is 7.92. The normalized spacial score (nSPS) is 16.4. The Labute approximate surface area is 139 Å². The highest BCUT2D eigenvalue weighted by Crippen LogP contribution is 2.31. The number of benzene rings is 1.